The van der Waals surface area contributed by atoms with Gasteiger partial charge in [-0.2, -0.15) is 0 Å². The zero-order valence-electron chi connectivity index (χ0n) is 10.9. The van der Waals surface area contributed by atoms with E-state index in [1.165, 1.54) is 36.8 Å². The molecule has 16 heavy (non-hydrogen) atoms. The van der Waals surface area contributed by atoms with Crippen LogP contribution in [-0.2, 0) is 6.42 Å². The first kappa shape index (κ1) is 13.2. The van der Waals surface area contributed by atoms with Crippen LogP contribution >= 0.6 is 0 Å². The van der Waals surface area contributed by atoms with Gasteiger partial charge in [-0.3, -0.25) is 0 Å². The molecule has 1 atom stereocenters. The summed E-state index contributed by atoms with van der Waals surface area (Å²) in [6.45, 7) is 4.46. The molecule has 1 aromatic rings. The molecule has 1 rings (SSSR count). The molecule has 0 fully saturated rings. The van der Waals surface area contributed by atoms with E-state index in [4.69, 9.17) is 0 Å². The Hall–Kier alpha value is -0.820. The normalized spacial score (nSPS) is 12.7. The molecule has 0 aliphatic rings. The highest BCUT2D eigenvalue weighted by molar-refractivity contribution is 5.26. The van der Waals surface area contributed by atoms with Crippen molar-refractivity contribution in [3.8, 4) is 0 Å². The van der Waals surface area contributed by atoms with E-state index < -0.39 is 0 Å². The van der Waals surface area contributed by atoms with E-state index in [1.54, 1.807) is 0 Å². The van der Waals surface area contributed by atoms with Gasteiger partial charge in [0, 0.05) is 6.04 Å². The van der Waals surface area contributed by atoms with E-state index >= 15 is 0 Å². The number of nitrogens with one attached hydrogen (secondary N) is 1. The second-order valence-corrected chi connectivity index (χ2v) is 4.61. The molecule has 0 bridgehead atoms. The predicted octanol–water partition coefficient (Wildman–Crippen LogP) is 3.71. The lowest BCUT2D eigenvalue weighted by Crippen LogP contribution is -2.27. The van der Waals surface area contributed by atoms with Crippen LogP contribution in [-0.4, -0.2) is 13.1 Å². The number of aryl methyl sites for hydroxylation is 1. The second-order valence-electron chi connectivity index (χ2n) is 4.61. The third-order valence-corrected chi connectivity index (χ3v) is 3.29. The molecular weight excluding hydrogens is 194 g/mol. The molecular formula is C15H25N. The maximum Gasteiger partial charge on any atom is 0.0105 e. The molecule has 1 heteroatoms. The van der Waals surface area contributed by atoms with Crippen LogP contribution in [0.3, 0.4) is 0 Å². The Balaban J connectivity index is 2.46. The van der Waals surface area contributed by atoms with Gasteiger partial charge < -0.3 is 5.32 Å². The Labute approximate surface area is 100 Å². The summed E-state index contributed by atoms with van der Waals surface area (Å²) in [5, 5.41) is 3.44. The quantitative estimate of drug-likeness (QED) is 0.689. The summed E-state index contributed by atoms with van der Waals surface area (Å²) in [5.74, 6) is 0. The monoisotopic (exact) mass is 219 g/mol. The van der Waals surface area contributed by atoms with E-state index in [0.29, 0.717) is 6.04 Å². The van der Waals surface area contributed by atoms with Gasteiger partial charge in [0.2, 0.25) is 0 Å². The molecule has 0 heterocycles. The van der Waals surface area contributed by atoms with E-state index in [9.17, 15) is 0 Å². The van der Waals surface area contributed by atoms with Crippen LogP contribution in [0.15, 0.2) is 24.3 Å². The van der Waals surface area contributed by atoms with Crippen molar-refractivity contribution in [2.75, 3.05) is 7.05 Å². The fraction of sp³-hybridized carbons (Fsp3) is 0.600. The van der Waals surface area contributed by atoms with Crippen LogP contribution in [0.2, 0.25) is 0 Å². The van der Waals surface area contributed by atoms with Crippen molar-refractivity contribution >= 4 is 0 Å². The van der Waals surface area contributed by atoms with Gasteiger partial charge in [-0.25, -0.2) is 0 Å². The van der Waals surface area contributed by atoms with Crippen LogP contribution < -0.4 is 5.32 Å². The van der Waals surface area contributed by atoms with Crippen molar-refractivity contribution in [3.63, 3.8) is 0 Å². The minimum atomic E-state index is 0.632. The van der Waals surface area contributed by atoms with Gasteiger partial charge in [0.05, 0.1) is 0 Å². The molecule has 1 aromatic carbocycles. The van der Waals surface area contributed by atoms with Crippen LogP contribution in [0.1, 0.15) is 43.7 Å². The van der Waals surface area contributed by atoms with Crippen LogP contribution in [0.25, 0.3) is 0 Å². The smallest absolute Gasteiger partial charge is 0.0105 e. The topological polar surface area (TPSA) is 12.0 Å². The average molecular weight is 219 g/mol. The predicted molar refractivity (Wildman–Crippen MR) is 71.9 cm³/mol. The summed E-state index contributed by atoms with van der Waals surface area (Å²) in [4.78, 5) is 0. The second kappa shape index (κ2) is 7.45. The van der Waals surface area contributed by atoms with Gasteiger partial charge in [-0.1, -0.05) is 50.5 Å². The van der Waals surface area contributed by atoms with Crippen molar-refractivity contribution in [2.24, 2.45) is 0 Å². The number of likely N-dealkylation sites (N-methyl/N-ethyl adjacent to an activating group) is 1. The zero-order valence-corrected chi connectivity index (χ0v) is 10.9. The van der Waals surface area contributed by atoms with E-state index in [-0.39, 0.29) is 0 Å². The summed E-state index contributed by atoms with van der Waals surface area (Å²) in [7, 11) is 2.08. The van der Waals surface area contributed by atoms with Gasteiger partial charge in [-0.15, -0.1) is 0 Å². The molecule has 0 spiro atoms. The largest absolute Gasteiger partial charge is 0.317 e. The minimum Gasteiger partial charge on any atom is -0.317 e. The number of benzene rings is 1. The van der Waals surface area contributed by atoms with Gasteiger partial charge in [-0.05, 0) is 37.9 Å². The standard InChI is InChI=1S/C15H25N/c1-4-5-6-11-15(16-3)12-14-10-8-7-9-13(14)2/h7-10,15-16H,4-6,11-12H2,1-3H3. The maximum absolute atomic E-state index is 3.44. The summed E-state index contributed by atoms with van der Waals surface area (Å²) in [6, 6.07) is 9.34. The van der Waals surface area contributed by atoms with Crippen LogP contribution in [0.4, 0.5) is 0 Å². The van der Waals surface area contributed by atoms with Gasteiger partial charge in [0.1, 0.15) is 0 Å². The summed E-state index contributed by atoms with van der Waals surface area (Å²) < 4.78 is 0. The minimum absolute atomic E-state index is 0.632. The van der Waals surface area contributed by atoms with Crippen molar-refractivity contribution in [1.82, 2.24) is 5.32 Å². The number of unbranched alkanes of at least 4 members (excludes halogenated alkanes) is 2. The molecule has 0 aliphatic carbocycles. The fourth-order valence-electron chi connectivity index (χ4n) is 2.09. The molecule has 0 radical (unpaired) electrons. The third kappa shape index (κ3) is 4.36. The molecule has 0 saturated heterocycles. The Bertz CT molecular complexity index is 293. The van der Waals surface area contributed by atoms with E-state index in [1.807, 2.05) is 0 Å². The number of hydrogen-bond acceptors (Lipinski definition) is 1. The molecule has 1 nitrogen and oxygen atoms in total. The average Bonchev–Trinajstić information content (AvgIpc) is 2.30. The molecule has 1 N–H and O–H groups in total. The maximum atomic E-state index is 3.44. The van der Waals surface area contributed by atoms with Crippen molar-refractivity contribution in [2.45, 2.75) is 52.0 Å². The molecule has 0 aromatic heterocycles. The lowest BCUT2D eigenvalue weighted by atomic mass is 9.97. The SMILES string of the molecule is CCCCCC(Cc1ccccc1C)NC. The Morgan fingerprint density at radius 3 is 2.56 bits per heavy atom. The van der Waals surface area contributed by atoms with Gasteiger partial charge in [0.15, 0.2) is 0 Å². The van der Waals surface area contributed by atoms with Crippen LogP contribution in [0, 0.1) is 6.92 Å². The Morgan fingerprint density at radius 2 is 1.94 bits per heavy atom. The first-order chi connectivity index (χ1) is 7.77. The lowest BCUT2D eigenvalue weighted by Gasteiger charge is -2.17. The lowest BCUT2D eigenvalue weighted by molar-refractivity contribution is 0.489. The van der Waals surface area contributed by atoms with Crippen molar-refractivity contribution in [3.05, 3.63) is 35.4 Å². The number of hydrogen-bond donors (Lipinski definition) is 1. The molecule has 0 saturated carbocycles. The zero-order chi connectivity index (χ0) is 11.8. The molecule has 0 amide bonds. The number of rotatable bonds is 7. The van der Waals surface area contributed by atoms with Crippen molar-refractivity contribution < 1.29 is 0 Å². The first-order valence-corrected chi connectivity index (χ1v) is 6.49. The summed E-state index contributed by atoms with van der Waals surface area (Å²) in [6.07, 6.45) is 6.45. The summed E-state index contributed by atoms with van der Waals surface area (Å²) in [5.41, 5.74) is 2.90. The Morgan fingerprint density at radius 1 is 1.19 bits per heavy atom. The highest BCUT2D eigenvalue weighted by atomic mass is 14.9. The third-order valence-electron chi connectivity index (χ3n) is 3.29. The highest BCUT2D eigenvalue weighted by Gasteiger charge is 2.07. The van der Waals surface area contributed by atoms with Gasteiger partial charge >= 0.3 is 0 Å². The molecule has 90 valence electrons. The van der Waals surface area contributed by atoms with Crippen LogP contribution in [0.5, 0.6) is 0 Å². The first-order valence-electron chi connectivity index (χ1n) is 6.49. The summed E-state index contributed by atoms with van der Waals surface area (Å²) >= 11 is 0. The molecule has 0 aliphatic heterocycles. The Kier molecular flexibility index (Phi) is 6.17. The highest BCUT2D eigenvalue weighted by Crippen LogP contribution is 2.13. The van der Waals surface area contributed by atoms with E-state index in [2.05, 4.69) is 50.5 Å². The van der Waals surface area contributed by atoms with Gasteiger partial charge in [0.25, 0.3) is 0 Å². The molecule has 1 unspecified atom stereocenters. The van der Waals surface area contributed by atoms with Crippen molar-refractivity contribution in [1.29, 1.82) is 0 Å². The fourth-order valence-corrected chi connectivity index (χ4v) is 2.09. The van der Waals surface area contributed by atoms with E-state index in [0.717, 1.165) is 6.42 Å².